The highest BCUT2D eigenvalue weighted by atomic mass is 16.5. The SMILES string of the molecule is C=C/C=C(\C=C/CC=C)OCCCCCCOc1ccc2c(c1)c1cc(-c3ccc(N(c4ccc(C5=CCCC=C5)cc4)c4ccc5c(c4)C(c4ccc(C)cc4)(c4ccc(C=C)cc4)c4ccccc4-5)cc3)ccc1n2-c1ccccc1. The van der Waals surface area contributed by atoms with E-state index in [9.17, 15) is 0 Å². The van der Waals surface area contributed by atoms with Crippen molar-refractivity contribution in [1.29, 1.82) is 0 Å². The van der Waals surface area contributed by atoms with Gasteiger partial charge in [0.25, 0.3) is 0 Å². The first-order chi connectivity index (χ1) is 40.9. The van der Waals surface area contributed by atoms with Gasteiger partial charge in [-0.3, -0.25) is 0 Å². The standard InChI is InChI=1S/C79H70N2O2/c1-5-8-13-27-69(22-6-2)82-52-20-9-10-21-53-83-70-48-51-78-74(56-70)73-54-62(38-50-77(73)81(78)65-25-16-12-17-26-65)61-36-45-67(46-37-61)80(66-43-34-60(35-44-66)59-23-14-11-15-24-59)68-47-49-72-71-28-18-19-29-75(71)79(76(72)55-68,63-39-30-57(4)31-40-63)64-41-32-58(7-3)33-42-64/h5-7,12-14,16-19,22-51,54-56H,1-3,8-11,15,20-21,52-53H2,4H3/b27-13-,69-22+. The molecule has 0 bridgehead atoms. The molecule has 2 aliphatic carbocycles. The van der Waals surface area contributed by atoms with Gasteiger partial charge in [-0.1, -0.05) is 189 Å². The van der Waals surface area contributed by atoms with Crippen LogP contribution in [0.1, 0.15) is 83.9 Å². The second-order valence-corrected chi connectivity index (χ2v) is 21.7. The van der Waals surface area contributed by atoms with Crippen molar-refractivity contribution < 1.29 is 9.47 Å². The van der Waals surface area contributed by atoms with Gasteiger partial charge in [0.15, 0.2) is 0 Å². The third-order valence-electron chi connectivity index (χ3n) is 16.5. The first-order valence-electron chi connectivity index (χ1n) is 29.4. The van der Waals surface area contributed by atoms with Crippen molar-refractivity contribution in [3.63, 3.8) is 0 Å². The zero-order chi connectivity index (χ0) is 56.5. The van der Waals surface area contributed by atoms with Crippen LogP contribution < -0.4 is 9.64 Å². The molecule has 9 aromatic carbocycles. The number of allylic oxidation sites excluding steroid dienone is 9. The fraction of sp³-hybridized carbons (Fsp3) is 0.139. The Bertz CT molecular complexity index is 4100. The summed E-state index contributed by atoms with van der Waals surface area (Å²) in [5.74, 6) is 1.71. The van der Waals surface area contributed by atoms with Crippen molar-refractivity contribution >= 4 is 50.5 Å². The van der Waals surface area contributed by atoms with E-state index in [0.29, 0.717) is 13.2 Å². The Morgan fingerprint density at radius 3 is 1.94 bits per heavy atom. The lowest BCUT2D eigenvalue weighted by Crippen LogP contribution is -2.29. The monoisotopic (exact) mass is 1080 g/mol. The molecule has 1 unspecified atom stereocenters. The van der Waals surface area contributed by atoms with Crippen molar-refractivity contribution in [2.75, 3.05) is 18.1 Å². The van der Waals surface area contributed by atoms with Gasteiger partial charge in [-0.25, -0.2) is 0 Å². The molecule has 0 N–H and O–H groups in total. The van der Waals surface area contributed by atoms with Crippen LogP contribution in [0.15, 0.2) is 280 Å². The Morgan fingerprint density at radius 1 is 0.578 bits per heavy atom. The summed E-state index contributed by atoms with van der Waals surface area (Å²) in [5, 5.41) is 2.34. The van der Waals surface area contributed by atoms with Gasteiger partial charge in [-0.05, 0) is 204 Å². The molecule has 4 heteroatoms. The number of aryl methyl sites for hydroxylation is 1. The second kappa shape index (κ2) is 24.6. The van der Waals surface area contributed by atoms with E-state index in [1.165, 1.54) is 55.5 Å². The fourth-order valence-corrected chi connectivity index (χ4v) is 12.4. The Morgan fingerprint density at radius 2 is 1.23 bits per heavy atom. The van der Waals surface area contributed by atoms with E-state index >= 15 is 0 Å². The number of fused-ring (bicyclic) bond motifs is 6. The van der Waals surface area contributed by atoms with E-state index in [2.05, 4.69) is 261 Å². The van der Waals surface area contributed by atoms with Gasteiger partial charge >= 0.3 is 0 Å². The van der Waals surface area contributed by atoms with E-state index in [1.54, 1.807) is 6.08 Å². The number of hydrogen-bond acceptors (Lipinski definition) is 3. The molecule has 2 aliphatic rings. The summed E-state index contributed by atoms with van der Waals surface area (Å²) >= 11 is 0. The average molecular weight is 1080 g/mol. The second-order valence-electron chi connectivity index (χ2n) is 21.7. The van der Waals surface area contributed by atoms with E-state index in [0.717, 1.165) is 112 Å². The van der Waals surface area contributed by atoms with Gasteiger partial charge in [-0.15, -0.1) is 6.58 Å². The molecule has 0 amide bonds. The van der Waals surface area contributed by atoms with Crippen LogP contribution in [0.5, 0.6) is 5.75 Å². The molecule has 408 valence electrons. The van der Waals surface area contributed by atoms with Crippen LogP contribution in [0.3, 0.4) is 0 Å². The maximum Gasteiger partial charge on any atom is 0.120 e. The topological polar surface area (TPSA) is 26.6 Å². The molecular formula is C79H70N2O2. The molecule has 0 spiro atoms. The number of anilines is 3. The lowest BCUT2D eigenvalue weighted by molar-refractivity contribution is 0.215. The van der Waals surface area contributed by atoms with Gasteiger partial charge in [-0.2, -0.15) is 0 Å². The zero-order valence-corrected chi connectivity index (χ0v) is 47.5. The minimum Gasteiger partial charge on any atom is -0.494 e. The molecule has 4 nitrogen and oxygen atoms in total. The average Bonchev–Trinajstić information content (AvgIpc) is 1.86. The Hall–Kier alpha value is -9.64. The number of rotatable bonds is 22. The number of nitrogens with zero attached hydrogens (tertiary/aromatic N) is 2. The van der Waals surface area contributed by atoms with E-state index < -0.39 is 5.41 Å². The Balaban J connectivity index is 0.885. The fourth-order valence-electron chi connectivity index (χ4n) is 12.4. The highest BCUT2D eigenvalue weighted by molar-refractivity contribution is 6.11. The maximum atomic E-state index is 6.49. The molecule has 0 aliphatic heterocycles. The summed E-state index contributed by atoms with van der Waals surface area (Å²) in [4.78, 5) is 2.43. The van der Waals surface area contributed by atoms with Crippen molar-refractivity contribution in [2.24, 2.45) is 0 Å². The minimum atomic E-state index is -0.572. The minimum absolute atomic E-state index is 0.572. The molecule has 12 rings (SSSR count). The maximum absolute atomic E-state index is 6.49. The summed E-state index contributed by atoms with van der Waals surface area (Å²) in [7, 11) is 0. The molecule has 0 fully saturated rings. The lowest BCUT2D eigenvalue weighted by atomic mass is 9.67. The predicted octanol–water partition coefficient (Wildman–Crippen LogP) is 21.1. The number of hydrogen-bond donors (Lipinski definition) is 0. The molecule has 83 heavy (non-hydrogen) atoms. The van der Waals surface area contributed by atoms with Crippen LogP contribution in [0.25, 0.3) is 61.4 Å². The number of aromatic nitrogens is 1. The van der Waals surface area contributed by atoms with Gasteiger partial charge < -0.3 is 18.9 Å². The quantitative estimate of drug-likeness (QED) is 0.0293. The number of benzene rings is 9. The highest BCUT2D eigenvalue weighted by Gasteiger charge is 2.46. The summed E-state index contributed by atoms with van der Waals surface area (Å²) in [6.45, 7) is 15.2. The molecule has 1 heterocycles. The van der Waals surface area contributed by atoms with Crippen LogP contribution >= 0.6 is 0 Å². The smallest absolute Gasteiger partial charge is 0.120 e. The van der Waals surface area contributed by atoms with Gasteiger partial charge in [0.1, 0.15) is 11.5 Å². The predicted molar refractivity (Wildman–Crippen MR) is 352 cm³/mol. The summed E-state index contributed by atoms with van der Waals surface area (Å²) in [6.07, 6.45) is 25.4. The molecule has 0 radical (unpaired) electrons. The first kappa shape index (κ1) is 54.0. The van der Waals surface area contributed by atoms with Gasteiger partial charge in [0.05, 0.1) is 29.7 Å². The first-order valence-corrected chi connectivity index (χ1v) is 29.4. The number of ether oxygens (including phenoxy) is 2. The Labute approximate surface area is 490 Å². The van der Waals surface area contributed by atoms with Crippen molar-refractivity contribution in [3.05, 3.63) is 319 Å². The Kier molecular flexibility index (Phi) is 16.0. The zero-order valence-electron chi connectivity index (χ0n) is 47.5. The van der Waals surface area contributed by atoms with Crippen molar-refractivity contribution in [2.45, 2.75) is 57.3 Å². The van der Waals surface area contributed by atoms with Crippen molar-refractivity contribution in [1.82, 2.24) is 4.57 Å². The summed E-state index contributed by atoms with van der Waals surface area (Å²) < 4.78 is 14.9. The highest BCUT2D eigenvalue weighted by Crippen LogP contribution is 2.57. The lowest BCUT2D eigenvalue weighted by Gasteiger charge is -2.35. The van der Waals surface area contributed by atoms with E-state index in [-0.39, 0.29) is 0 Å². The molecule has 0 saturated carbocycles. The normalized spacial score (nSPS) is 14.6. The largest absolute Gasteiger partial charge is 0.494 e. The summed E-state index contributed by atoms with van der Waals surface area (Å²) in [5.41, 5.74) is 20.7. The summed E-state index contributed by atoms with van der Waals surface area (Å²) in [6, 6.07) is 76.7. The van der Waals surface area contributed by atoms with Crippen molar-refractivity contribution in [3.8, 4) is 33.7 Å². The molecule has 1 aromatic heterocycles. The van der Waals surface area contributed by atoms with Gasteiger partial charge in [0, 0.05) is 33.5 Å². The van der Waals surface area contributed by atoms with E-state index in [4.69, 9.17) is 9.47 Å². The van der Waals surface area contributed by atoms with Crippen LogP contribution in [0.4, 0.5) is 17.1 Å². The number of para-hydroxylation sites is 1. The van der Waals surface area contributed by atoms with Crippen LogP contribution in [-0.4, -0.2) is 17.8 Å². The third kappa shape index (κ3) is 10.9. The number of unbranched alkanes of at least 4 members (excludes halogenated alkanes) is 3. The van der Waals surface area contributed by atoms with Gasteiger partial charge in [0.2, 0.25) is 0 Å². The molecule has 1 atom stereocenters. The van der Waals surface area contributed by atoms with Crippen LogP contribution in [0.2, 0.25) is 0 Å². The third-order valence-corrected chi connectivity index (χ3v) is 16.5. The van der Waals surface area contributed by atoms with Crippen LogP contribution in [0, 0.1) is 6.92 Å². The van der Waals surface area contributed by atoms with E-state index in [1.807, 2.05) is 30.4 Å². The molecular weight excluding hydrogens is 1010 g/mol. The molecule has 0 saturated heterocycles. The molecule has 10 aromatic rings. The van der Waals surface area contributed by atoms with Crippen LogP contribution in [-0.2, 0) is 10.2 Å².